The summed E-state index contributed by atoms with van der Waals surface area (Å²) in [6, 6.07) is 4.39. The van der Waals surface area contributed by atoms with Crippen molar-refractivity contribution in [3.05, 3.63) is 44.6 Å². The fraction of sp³-hybridized carbons (Fsp3) is 0.500. The topological polar surface area (TPSA) is 114 Å². The second kappa shape index (κ2) is 7.73. The number of hydrogen-bond acceptors (Lipinski definition) is 5. The van der Waals surface area contributed by atoms with Gasteiger partial charge in [0.15, 0.2) is 0 Å². The van der Waals surface area contributed by atoms with Crippen LogP contribution in [0.4, 0.5) is 4.79 Å². The van der Waals surface area contributed by atoms with Gasteiger partial charge in [0.2, 0.25) is 0 Å². The first-order chi connectivity index (χ1) is 13.6. The minimum absolute atomic E-state index is 0.196. The lowest BCUT2D eigenvalue weighted by atomic mass is 10.1. The Morgan fingerprint density at radius 1 is 1.28 bits per heavy atom. The average Bonchev–Trinajstić information content (AvgIpc) is 3.09. The molecule has 1 aromatic heterocycles. The van der Waals surface area contributed by atoms with Crippen molar-refractivity contribution in [2.75, 3.05) is 13.1 Å². The minimum atomic E-state index is -0.573. The van der Waals surface area contributed by atoms with E-state index in [1.165, 1.54) is 12.1 Å². The molecular formula is C20H26N4O5. The molecule has 1 aliphatic rings. The summed E-state index contributed by atoms with van der Waals surface area (Å²) in [5.74, 6) is -0.330. The molecule has 1 aliphatic heterocycles. The number of aromatic amines is 1. The highest BCUT2D eigenvalue weighted by molar-refractivity contribution is 5.97. The van der Waals surface area contributed by atoms with Crippen LogP contribution in [0.1, 0.15) is 44.5 Å². The molecule has 2 heterocycles. The first kappa shape index (κ1) is 20.6. The molecule has 0 aliphatic carbocycles. The standard InChI is InChI=1S/C20H26N4O5/c1-5-24-17(26)14-7-6-12(10-15(14)22-18(24)27)16(25)21-13-8-9-23(11-13)19(28)29-20(2,3)4/h6-7,10,13H,5,8-9,11H2,1-4H3,(H,21,25)(H,22,27). The zero-order valence-electron chi connectivity index (χ0n) is 17.1. The maximum absolute atomic E-state index is 12.6. The summed E-state index contributed by atoms with van der Waals surface area (Å²) in [6.07, 6.45) is 0.223. The predicted molar refractivity (Wildman–Crippen MR) is 108 cm³/mol. The number of ether oxygens (including phenoxy) is 1. The molecule has 1 fully saturated rings. The molecule has 0 spiro atoms. The molecule has 1 unspecified atom stereocenters. The molecule has 9 nitrogen and oxygen atoms in total. The number of nitrogens with zero attached hydrogens (tertiary/aromatic N) is 2. The lowest BCUT2D eigenvalue weighted by molar-refractivity contribution is 0.0290. The Morgan fingerprint density at radius 2 is 2.00 bits per heavy atom. The van der Waals surface area contributed by atoms with Crippen molar-refractivity contribution in [1.82, 2.24) is 19.8 Å². The van der Waals surface area contributed by atoms with E-state index in [9.17, 15) is 19.2 Å². The first-order valence-electron chi connectivity index (χ1n) is 9.64. The second-order valence-electron chi connectivity index (χ2n) is 8.13. The van der Waals surface area contributed by atoms with Crippen LogP contribution in [0.25, 0.3) is 10.9 Å². The molecule has 1 atom stereocenters. The van der Waals surface area contributed by atoms with Gasteiger partial charge in [-0.25, -0.2) is 9.59 Å². The number of amides is 2. The number of hydrogen-bond donors (Lipinski definition) is 2. The van der Waals surface area contributed by atoms with E-state index in [1.807, 2.05) is 0 Å². The third kappa shape index (κ3) is 4.49. The molecule has 3 rings (SSSR count). The maximum atomic E-state index is 12.6. The van der Waals surface area contributed by atoms with Crippen molar-refractivity contribution in [2.45, 2.75) is 52.3 Å². The van der Waals surface area contributed by atoms with Crippen molar-refractivity contribution < 1.29 is 14.3 Å². The molecule has 2 N–H and O–H groups in total. The fourth-order valence-corrected chi connectivity index (χ4v) is 3.32. The van der Waals surface area contributed by atoms with Crippen LogP contribution in [0.3, 0.4) is 0 Å². The monoisotopic (exact) mass is 402 g/mol. The van der Waals surface area contributed by atoms with Gasteiger partial charge in [-0.2, -0.15) is 0 Å². The van der Waals surface area contributed by atoms with Crippen LogP contribution >= 0.6 is 0 Å². The van der Waals surface area contributed by atoms with Gasteiger partial charge in [0.05, 0.1) is 10.9 Å². The van der Waals surface area contributed by atoms with Gasteiger partial charge in [-0.15, -0.1) is 0 Å². The van der Waals surface area contributed by atoms with E-state index in [0.717, 1.165) is 4.57 Å². The molecule has 1 saturated heterocycles. The van der Waals surface area contributed by atoms with Gasteiger partial charge in [0.25, 0.3) is 11.5 Å². The molecule has 2 aromatic rings. The van der Waals surface area contributed by atoms with E-state index in [1.54, 1.807) is 38.7 Å². The summed E-state index contributed by atoms with van der Waals surface area (Å²) in [5.41, 5.74) is -0.818. The Morgan fingerprint density at radius 3 is 2.66 bits per heavy atom. The van der Waals surface area contributed by atoms with Crippen molar-refractivity contribution >= 4 is 22.9 Å². The SMILES string of the molecule is CCn1c(=O)[nH]c2cc(C(=O)NC3CCN(C(=O)OC(C)(C)C)C3)ccc2c1=O. The highest BCUT2D eigenvalue weighted by atomic mass is 16.6. The van der Waals surface area contributed by atoms with E-state index >= 15 is 0 Å². The lowest BCUT2D eigenvalue weighted by Crippen LogP contribution is -2.40. The zero-order valence-corrected chi connectivity index (χ0v) is 17.1. The molecule has 29 heavy (non-hydrogen) atoms. The van der Waals surface area contributed by atoms with E-state index in [0.29, 0.717) is 36.0 Å². The van der Waals surface area contributed by atoms with Gasteiger partial charge in [-0.1, -0.05) is 0 Å². The average molecular weight is 402 g/mol. The molecule has 156 valence electrons. The van der Waals surface area contributed by atoms with Gasteiger partial charge in [0.1, 0.15) is 5.60 Å². The quantitative estimate of drug-likeness (QED) is 0.807. The molecule has 0 saturated carbocycles. The summed E-state index contributed by atoms with van der Waals surface area (Å²) in [7, 11) is 0. The first-order valence-corrected chi connectivity index (χ1v) is 9.64. The number of nitrogens with one attached hydrogen (secondary N) is 2. The number of fused-ring (bicyclic) bond motifs is 1. The predicted octanol–water partition coefficient (Wildman–Crippen LogP) is 1.45. The number of carbonyl (C=O) groups excluding carboxylic acids is 2. The van der Waals surface area contributed by atoms with Crippen molar-refractivity contribution in [2.24, 2.45) is 0 Å². The van der Waals surface area contributed by atoms with Crippen LogP contribution in [-0.2, 0) is 11.3 Å². The van der Waals surface area contributed by atoms with Gasteiger partial charge in [-0.3, -0.25) is 14.2 Å². The van der Waals surface area contributed by atoms with Crippen molar-refractivity contribution in [1.29, 1.82) is 0 Å². The molecular weight excluding hydrogens is 376 g/mol. The molecule has 0 bridgehead atoms. The van der Waals surface area contributed by atoms with Crippen molar-refractivity contribution in [3.63, 3.8) is 0 Å². The summed E-state index contributed by atoms with van der Waals surface area (Å²) >= 11 is 0. The Kier molecular flexibility index (Phi) is 5.50. The molecule has 2 amide bonds. The maximum Gasteiger partial charge on any atom is 0.410 e. The van der Waals surface area contributed by atoms with Gasteiger partial charge < -0.3 is 19.9 Å². The van der Waals surface area contributed by atoms with Crippen LogP contribution in [0.5, 0.6) is 0 Å². The van der Waals surface area contributed by atoms with Gasteiger partial charge in [0, 0.05) is 31.2 Å². The van der Waals surface area contributed by atoms with Crippen molar-refractivity contribution in [3.8, 4) is 0 Å². The van der Waals surface area contributed by atoms with E-state index in [-0.39, 0.29) is 24.1 Å². The Balaban J connectivity index is 1.72. The van der Waals surface area contributed by atoms with Crippen LogP contribution in [-0.4, -0.2) is 51.2 Å². The van der Waals surface area contributed by atoms with Gasteiger partial charge >= 0.3 is 11.8 Å². The smallest absolute Gasteiger partial charge is 0.410 e. The molecule has 9 heteroatoms. The number of rotatable bonds is 3. The van der Waals surface area contributed by atoms with Crippen LogP contribution in [0, 0.1) is 0 Å². The number of benzene rings is 1. The van der Waals surface area contributed by atoms with E-state index in [4.69, 9.17) is 4.74 Å². The van der Waals surface area contributed by atoms with E-state index < -0.39 is 17.4 Å². The minimum Gasteiger partial charge on any atom is -0.444 e. The highest BCUT2D eigenvalue weighted by Crippen LogP contribution is 2.16. The Bertz CT molecular complexity index is 1060. The van der Waals surface area contributed by atoms with Crippen LogP contribution in [0.2, 0.25) is 0 Å². The lowest BCUT2D eigenvalue weighted by Gasteiger charge is -2.24. The van der Waals surface area contributed by atoms with Gasteiger partial charge in [-0.05, 0) is 52.3 Å². The fourth-order valence-electron chi connectivity index (χ4n) is 3.32. The highest BCUT2D eigenvalue weighted by Gasteiger charge is 2.30. The second-order valence-corrected chi connectivity index (χ2v) is 8.13. The number of aromatic nitrogens is 2. The van der Waals surface area contributed by atoms with Crippen LogP contribution < -0.4 is 16.6 Å². The normalized spacial score (nSPS) is 16.8. The summed E-state index contributed by atoms with van der Waals surface area (Å²) in [4.78, 5) is 53.3. The number of likely N-dealkylation sites (tertiary alicyclic amines) is 1. The Hall–Kier alpha value is -3.10. The molecule has 1 aromatic carbocycles. The summed E-state index contributed by atoms with van der Waals surface area (Å²) in [5, 5.41) is 3.24. The number of carbonyl (C=O) groups is 2. The zero-order chi connectivity index (χ0) is 21.3. The Labute approximate surface area is 167 Å². The molecule has 0 radical (unpaired) electrons. The van der Waals surface area contributed by atoms with E-state index in [2.05, 4.69) is 10.3 Å². The van der Waals surface area contributed by atoms with Crippen LogP contribution in [0.15, 0.2) is 27.8 Å². The summed E-state index contributed by atoms with van der Waals surface area (Å²) < 4.78 is 6.46. The third-order valence-corrected chi connectivity index (χ3v) is 4.74. The third-order valence-electron chi connectivity index (χ3n) is 4.74. The summed E-state index contributed by atoms with van der Waals surface area (Å²) in [6.45, 7) is 8.26. The number of H-pyrrole nitrogens is 1. The largest absolute Gasteiger partial charge is 0.444 e.